The molecule has 6 heteroatoms. The lowest BCUT2D eigenvalue weighted by molar-refractivity contribution is 0.677. The van der Waals surface area contributed by atoms with Crippen LogP contribution in [0.1, 0.15) is 5.69 Å². The van der Waals surface area contributed by atoms with Gasteiger partial charge in [0.2, 0.25) is 0 Å². The van der Waals surface area contributed by atoms with Gasteiger partial charge in [-0.3, -0.25) is 9.19 Å². The first kappa shape index (κ1) is 11.9. The third-order valence-corrected chi connectivity index (χ3v) is 3.89. The maximum absolute atomic E-state index is 12.2. The summed E-state index contributed by atoms with van der Waals surface area (Å²) < 4.78 is 12.2. The topological polar surface area (TPSA) is 84.7 Å². The zero-order chi connectivity index (χ0) is 13.2. The summed E-state index contributed by atoms with van der Waals surface area (Å²) >= 11 is 0. The molecule has 2 heterocycles. The molecule has 0 aliphatic heterocycles. The molecule has 0 fully saturated rings. The average molecular weight is 272 g/mol. The largest absolute Gasteiger partial charge is 0.399 e. The average Bonchev–Trinajstić information content (AvgIpc) is 2.83. The number of nitrogens with two attached hydrogens (primary N) is 1. The SMILES string of the molecule is Nc1ccc2nc(S(=O)Cc3ccccn3)[nH]c2c1. The highest BCUT2D eigenvalue weighted by Crippen LogP contribution is 2.17. The molecule has 96 valence electrons. The zero-order valence-electron chi connectivity index (χ0n) is 10.0. The van der Waals surface area contributed by atoms with E-state index < -0.39 is 10.8 Å². The highest BCUT2D eigenvalue weighted by atomic mass is 32.2. The summed E-state index contributed by atoms with van der Waals surface area (Å²) in [7, 11) is -1.24. The van der Waals surface area contributed by atoms with Gasteiger partial charge in [-0.25, -0.2) is 4.98 Å². The van der Waals surface area contributed by atoms with Crippen molar-refractivity contribution < 1.29 is 4.21 Å². The van der Waals surface area contributed by atoms with Crippen LogP contribution >= 0.6 is 0 Å². The lowest BCUT2D eigenvalue weighted by Crippen LogP contribution is -2.00. The van der Waals surface area contributed by atoms with Gasteiger partial charge in [-0.05, 0) is 30.3 Å². The predicted octanol–water partition coefficient (Wildman–Crippen LogP) is 1.85. The van der Waals surface area contributed by atoms with Crippen LogP contribution in [0.3, 0.4) is 0 Å². The number of nitrogens with one attached hydrogen (secondary N) is 1. The molecule has 3 N–H and O–H groups in total. The number of nitrogens with zero attached hydrogens (tertiary/aromatic N) is 2. The number of imidazole rings is 1. The van der Waals surface area contributed by atoms with E-state index in [0.717, 1.165) is 16.7 Å². The Balaban J connectivity index is 1.89. The number of H-pyrrole nitrogens is 1. The van der Waals surface area contributed by atoms with Crippen molar-refractivity contribution in [2.45, 2.75) is 10.9 Å². The molecule has 0 spiro atoms. The van der Waals surface area contributed by atoms with Crippen molar-refractivity contribution in [1.82, 2.24) is 15.0 Å². The van der Waals surface area contributed by atoms with Crippen LogP contribution in [0.5, 0.6) is 0 Å². The Morgan fingerprint density at radius 2 is 2.16 bits per heavy atom. The second-order valence-electron chi connectivity index (χ2n) is 4.13. The zero-order valence-corrected chi connectivity index (χ0v) is 10.9. The highest BCUT2D eigenvalue weighted by Gasteiger charge is 2.11. The lowest BCUT2D eigenvalue weighted by Gasteiger charge is -1.97. The summed E-state index contributed by atoms with van der Waals surface area (Å²) in [4.78, 5) is 11.5. The van der Waals surface area contributed by atoms with Gasteiger partial charge in [0.1, 0.15) is 0 Å². The summed E-state index contributed by atoms with van der Waals surface area (Å²) in [5, 5.41) is 0.450. The number of nitrogen functional groups attached to an aromatic ring is 1. The quantitative estimate of drug-likeness (QED) is 0.713. The van der Waals surface area contributed by atoms with E-state index in [1.165, 1.54) is 0 Å². The van der Waals surface area contributed by atoms with Gasteiger partial charge in [-0.2, -0.15) is 0 Å². The van der Waals surface area contributed by atoms with Crippen LogP contribution in [-0.2, 0) is 16.6 Å². The van der Waals surface area contributed by atoms with Crippen LogP contribution < -0.4 is 5.73 Å². The molecule has 5 nitrogen and oxygen atoms in total. The third-order valence-electron chi connectivity index (χ3n) is 2.70. The van der Waals surface area contributed by atoms with Crippen molar-refractivity contribution in [2.75, 3.05) is 5.73 Å². The smallest absolute Gasteiger partial charge is 0.197 e. The van der Waals surface area contributed by atoms with Crippen molar-refractivity contribution in [1.29, 1.82) is 0 Å². The van der Waals surface area contributed by atoms with Crippen LogP contribution in [0.2, 0.25) is 0 Å². The number of fused-ring (bicyclic) bond motifs is 1. The van der Waals surface area contributed by atoms with E-state index in [-0.39, 0.29) is 0 Å². The van der Waals surface area contributed by atoms with E-state index in [4.69, 9.17) is 5.73 Å². The first-order chi connectivity index (χ1) is 9.22. The highest BCUT2D eigenvalue weighted by molar-refractivity contribution is 7.84. The fraction of sp³-hybridized carbons (Fsp3) is 0.0769. The first-order valence-corrected chi connectivity index (χ1v) is 7.08. The Kier molecular flexibility index (Phi) is 3.00. The molecule has 0 saturated heterocycles. The van der Waals surface area contributed by atoms with Crippen molar-refractivity contribution in [3.05, 3.63) is 48.3 Å². The van der Waals surface area contributed by atoms with Crippen molar-refractivity contribution in [2.24, 2.45) is 0 Å². The summed E-state index contributed by atoms with van der Waals surface area (Å²) in [6.07, 6.45) is 1.69. The van der Waals surface area contributed by atoms with Gasteiger partial charge >= 0.3 is 0 Å². The number of hydrogen-bond acceptors (Lipinski definition) is 4. The van der Waals surface area contributed by atoms with E-state index >= 15 is 0 Å². The molecule has 0 bridgehead atoms. The maximum Gasteiger partial charge on any atom is 0.197 e. The molecule has 3 rings (SSSR count). The Bertz CT molecular complexity index is 739. The molecule has 0 saturated carbocycles. The molecule has 1 unspecified atom stereocenters. The Labute approximate surface area is 112 Å². The van der Waals surface area contributed by atoms with Gasteiger partial charge in [-0.15, -0.1) is 0 Å². The second kappa shape index (κ2) is 4.81. The molecule has 19 heavy (non-hydrogen) atoms. The van der Waals surface area contributed by atoms with E-state index in [0.29, 0.717) is 16.6 Å². The molecule has 0 aliphatic carbocycles. The number of aromatic amines is 1. The molecular formula is C13H12N4OS. The Morgan fingerprint density at radius 1 is 1.26 bits per heavy atom. The number of pyridine rings is 1. The fourth-order valence-corrected chi connectivity index (χ4v) is 2.80. The number of aromatic nitrogens is 3. The lowest BCUT2D eigenvalue weighted by atomic mass is 10.3. The summed E-state index contributed by atoms with van der Waals surface area (Å²) in [6, 6.07) is 10.9. The normalized spacial score (nSPS) is 12.6. The summed E-state index contributed by atoms with van der Waals surface area (Å²) in [5.74, 6) is 0.343. The van der Waals surface area contributed by atoms with Gasteiger partial charge in [0.15, 0.2) is 5.16 Å². The molecular weight excluding hydrogens is 260 g/mol. The molecule has 2 aromatic heterocycles. The van der Waals surface area contributed by atoms with Crippen LogP contribution in [0.15, 0.2) is 47.8 Å². The van der Waals surface area contributed by atoms with Crippen molar-refractivity contribution in [3.63, 3.8) is 0 Å². The maximum atomic E-state index is 12.2. The standard InChI is InChI=1S/C13H12N4OS/c14-9-4-5-11-12(7-9)17-13(16-11)19(18)8-10-3-1-2-6-15-10/h1-7H,8,14H2,(H,16,17). The minimum absolute atomic E-state index is 0.343. The van der Waals surface area contributed by atoms with E-state index in [1.807, 2.05) is 24.3 Å². The monoisotopic (exact) mass is 272 g/mol. The van der Waals surface area contributed by atoms with Crippen LogP contribution in [0.25, 0.3) is 11.0 Å². The number of benzene rings is 1. The van der Waals surface area contributed by atoms with Gasteiger partial charge < -0.3 is 10.7 Å². The Hall–Kier alpha value is -2.21. The molecule has 1 atom stereocenters. The van der Waals surface area contributed by atoms with Crippen LogP contribution in [0.4, 0.5) is 5.69 Å². The predicted molar refractivity (Wildman–Crippen MR) is 74.9 cm³/mol. The number of hydrogen-bond donors (Lipinski definition) is 2. The van der Waals surface area contributed by atoms with Gasteiger partial charge in [0.05, 0.1) is 33.3 Å². The van der Waals surface area contributed by atoms with Crippen LogP contribution in [-0.4, -0.2) is 19.2 Å². The van der Waals surface area contributed by atoms with E-state index in [1.54, 1.807) is 18.3 Å². The van der Waals surface area contributed by atoms with Gasteiger partial charge in [0, 0.05) is 11.9 Å². The minimum atomic E-state index is -1.24. The molecule has 0 radical (unpaired) electrons. The summed E-state index contributed by atoms with van der Waals surface area (Å²) in [6.45, 7) is 0. The molecule has 0 amide bonds. The van der Waals surface area contributed by atoms with Crippen LogP contribution in [0, 0.1) is 0 Å². The summed E-state index contributed by atoms with van der Waals surface area (Å²) in [5.41, 5.74) is 8.69. The Morgan fingerprint density at radius 3 is 2.95 bits per heavy atom. The molecule has 0 aliphatic rings. The van der Waals surface area contributed by atoms with E-state index in [2.05, 4.69) is 15.0 Å². The molecule has 1 aromatic carbocycles. The molecule has 3 aromatic rings. The number of rotatable bonds is 3. The van der Waals surface area contributed by atoms with Crippen molar-refractivity contribution >= 4 is 27.5 Å². The van der Waals surface area contributed by atoms with Gasteiger partial charge in [-0.1, -0.05) is 6.07 Å². The van der Waals surface area contributed by atoms with E-state index in [9.17, 15) is 4.21 Å². The van der Waals surface area contributed by atoms with Crippen molar-refractivity contribution in [3.8, 4) is 0 Å². The first-order valence-electron chi connectivity index (χ1n) is 5.76. The number of anilines is 1. The second-order valence-corrected chi connectivity index (χ2v) is 5.50. The van der Waals surface area contributed by atoms with Gasteiger partial charge in [0.25, 0.3) is 0 Å². The third kappa shape index (κ3) is 2.48. The minimum Gasteiger partial charge on any atom is -0.399 e. The fourth-order valence-electron chi connectivity index (χ4n) is 1.80.